The molecule has 1 rings (SSSR count). The molecule has 158 valence electrons. The minimum absolute atomic E-state index is 0.0478. The van der Waals surface area contributed by atoms with Gasteiger partial charge in [-0.3, -0.25) is 9.59 Å². The Morgan fingerprint density at radius 2 is 1.48 bits per heavy atom. The lowest BCUT2D eigenvalue weighted by molar-refractivity contribution is -0.143. The fourth-order valence-corrected chi connectivity index (χ4v) is 4.30. The molecule has 0 unspecified atom stereocenters. The maximum absolute atomic E-state index is 12.2. The van der Waals surface area contributed by atoms with Gasteiger partial charge in [0, 0.05) is 18.8 Å². The number of ether oxygens (including phenoxy) is 1. The second-order valence-corrected chi connectivity index (χ2v) is 8.45. The lowest BCUT2D eigenvalue weighted by Crippen LogP contribution is -2.15. The molecule has 0 bridgehead atoms. The van der Waals surface area contributed by atoms with Gasteiger partial charge >= 0.3 is 5.97 Å². The minimum Gasteiger partial charge on any atom is -0.466 e. The number of Topliss-reactive ketones (excluding diaryl/α,β-unsaturated/α-hetero) is 1. The van der Waals surface area contributed by atoms with E-state index >= 15 is 0 Å². The third kappa shape index (κ3) is 11.5. The van der Waals surface area contributed by atoms with Gasteiger partial charge in [-0.25, -0.2) is 0 Å². The molecule has 0 aliphatic heterocycles. The summed E-state index contributed by atoms with van der Waals surface area (Å²) in [6, 6.07) is 0. The van der Waals surface area contributed by atoms with E-state index in [1.165, 1.54) is 44.9 Å². The van der Waals surface area contributed by atoms with E-state index in [0.717, 1.165) is 57.8 Å². The first kappa shape index (κ1) is 24.2. The lowest BCUT2D eigenvalue weighted by atomic mass is 9.86. The largest absolute Gasteiger partial charge is 0.466 e. The predicted molar refractivity (Wildman–Crippen MR) is 113 cm³/mol. The molecule has 0 aromatic carbocycles. The van der Waals surface area contributed by atoms with Crippen molar-refractivity contribution in [1.82, 2.24) is 0 Å². The average molecular weight is 381 g/mol. The van der Waals surface area contributed by atoms with Gasteiger partial charge in [-0.05, 0) is 38.0 Å². The number of carbonyl (C=O) groups excluding carboxylic acids is 2. The average Bonchev–Trinajstić information content (AvgIpc) is 3.01. The van der Waals surface area contributed by atoms with E-state index in [0.29, 0.717) is 30.6 Å². The zero-order valence-corrected chi connectivity index (χ0v) is 18.1. The van der Waals surface area contributed by atoms with Gasteiger partial charge in [-0.15, -0.1) is 0 Å². The van der Waals surface area contributed by atoms with Crippen LogP contribution in [0.3, 0.4) is 0 Å². The van der Waals surface area contributed by atoms with Crippen LogP contribution in [0.1, 0.15) is 123 Å². The molecular formula is C24H44O3. The molecule has 0 aromatic heterocycles. The van der Waals surface area contributed by atoms with Crippen LogP contribution < -0.4 is 0 Å². The summed E-state index contributed by atoms with van der Waals surface area (Å²) in [4.78, 5) is 23.8. The summed E-state index contributed by atoms with van der Waals surface area (Å²) in [5, 5.41) is 0. The van der Waals surface area contributed by atoms with Gasteiger partial charge in [0.2, 0.25) is 0 Å². The molecule has 0 heterocycles. The first-order chi connectivity index (χ1) is 13.2. The Hall–Kier alpha value is -0.860. The monoisotopic (exact) mass is 380 g/mol. The van der Waals surface area contributed by atoms with Crippen molar-refractivity contribution in [2.24, 2.45) is 11.8 Å². The molecule has 0 radical (unpaired) electrons. The molecule has 2 atom stereocenters. The summed E-state index contributed by atoms with van der Waals surface area (Å²) in [6.45, 7) is 4.92. The number of carbonyl (C=O) groups is 2. The van der Waals surface area contributed by atoms with Crippen LogP contribution in [0.15, 0.2) is 0 Å². The number of unbranched alkanes of at least 4 members (excludes halogenated alkanes) is 9. The maximum atomic E-state index is 12.2. The highest BCUT2D eigenvalue weighted by Gasteiger charge is 2.33. The summed E-state index contributed by atoms with van der Waals surface area (Å²) >= 11 is 0. The molecule has 1 aliphatic carbocycles. The highest BCUT2D eigenvalue weighted by molar-refractivity contribution is 5.83. The van der Waals surface area contributed by atoms with Crippen molar-refractivity contribution in [2.75, 3.05) is 6.61 Å². The Kier molecular flexibility index (Phi) is 14.4. The Balaban J connectivity index is 2.06. The van der Waals surface area contributed by atoms with Crippen LogP contribution in [0.25, 0.3) is 0 Å². The molecule has 0 amide bonds. The Labute approximate surface area is 168 Å². The van der Waals surface area contributed by atoms with Gasteiger partial charge in [-0.1, -0.05) is 78.1 Å². The van der Waals surface area contributed by atoms with E-state index in [2.05, 4.69) is 13.8 Å². The molecule has 0 N–H and O–H groups in total. The Bertz CT molecular complexity index is 391. The van der Waals surface area contributed by atoms with Gasteiger partial charge < -0.3 is 4.74 Å². The van der Waals surface area contributed by atoms with Gasteiger partial charge in [0.1, 0.15) is 5.78 Å². The van der Waals surface area contributed by atoms with Crippen molar-refractivity contribution in [2.45, 2.75) is 123 Å². The Morgan fingerprint density at radius 1 is 0.852 bits per heavy atom. The number of hydrogen-bond donors (Lipinski definition) is 0. The zero-order valence-electron chi connectivity index (χ0n) is 18.1. The van der Waals surface area contributed by atoms with E-state index in [4.69, 9.17) is 4.74 Å². The van der Waals surface area contributed by atoms with Crippen molar-refractivity contribution in [3.05, 3.63) is 0 Å². The molecule has 1 saturated carbocycles. The SMILES string of the molecule is CCCCCCCC[C@H]1CCC(=O)[C@@H]1CCCCCCC(=O)OCCCC. The van der Waals surface area contributed by atoms with Crippen LogP contribution in [0.2, 0.25) is 0 Å². The van der Waals surface area contributed by atoms with Crippen molar-refractivity contribution in [3.63, 3.8) is 0 Å². The Morgan fingerprint density at radius 3 is 2.22 bits per heavy atom. The normalized spacial score (nSPS) is 19.6. The quantitative estimate of drug-likeness (QED) is 0.201. The van der Waals surface area contributed by atoms with Crippen molar-refractivity contribution in [3.8, 4) is 0 Å². The van der Waals surface area contributed by atoms with Crippen LogP contribution in [0.5, 0.6) is 0 Å². The van der Waals surface area contributed by atoms with Crippen molar-refractivity contribution >= 4 is 11.8 Å². The summed E-state index contributed by atoms with van der Waals surface area (Å²) in [5.74, 6) is 1.45. The highest BCUT2D eigenvalue weighted by Crippen LogP contribution is 2.36. The molecule has 1 fully saturated rings. The lowest BCUT2D eigenvalue weighted by Gasteiger charge is -2.18. The van der Waals surface area contributed by atoms with E-state index in [9.17, 15) is 9.59 Å². The highest BCUT2D eigenvalue weighted by atomic mass is 16.5. The number of ketones is 1. The van der Waals surface area contributed by atoms with Crippen LogP contribution in [-0.2, 0) is 14.3 Å². The zero-order chi connectivity index (χ0) is 19.7. The predicted octanol–water partition coefficient (Wildman–Crippen LogP) is 7.02. The first-order valence-electron chi connectivity index (χ1n) is 11.9. The second-order valence-electron chi connectivity index (χ2n) is 8.45. The number of hydrogen-bond acceptors (Lipinski definition) is 3. The fraction of sp³-hybridized carbons (Fsp3) is 0.917. The van der Waals surface area contributed by atoms with Crippen LogP contribution in [0.4, 0.5) is 0 Å². The van der Waals surface area contributed by atoms with Crippen LogP contribution in [-0.4, -0.2) is 18.4 Å². The first-order valence-corrected chi connectivity index (χ1v) is 11.9. The van der Waals surface area contributed by atoms with Crippen molar-refractivity contribution < 1.29 is 14.3 Å². The molecule has 27 heavy (non-hydrogen) atoms. The van der Waals surface area contributed by atoms with E-state index in [-0.39, 0.29) is 5.97 Å². The standard InChI is InChI=1S/C24H44O3/c1-3-5-7-8-9-12-15-21-18-19-23(25)22(21)16-13-10-11-14-17-24(26)27-20-6-4-2/h21-22H,3-20H2,1-2H3/t21-,22+/m0/s1. The third-order valence-electron chi connectivity index (χ3n) is 6.08. The number of rotatable bonds is 17. The molecule has 1 aliphatic rings. The van der Waals surface area contributed by atoms with Gasteiger partial charge in [0.05, 0.1) is 6.61 Å². The van der Waals surface area contributed by atoms with Gasteiger partial charge in [-0.2, -0.15) is 0 Å². The van der Waals surface area contributed by atoms with Gasteiger partial charge in [0.15, 0.2) is 0 Å². The molecule has 3 nitrogen and oxygen atoms in total. The van der Waals surface area contributed by atoms with E-state index in [1.54, 1.807) is 0 Å². The molecule has 0 aromatic rings. The van der Waals surface area contributed by atoms with Crippen LogP contribution in [0, 0.1) is 11.8 Å². The van der Waals surface area contributed by atoms with Crippen LogP contribution >= 0.6 is 0 Å². The smallest absolute Gasteiger partial charge is 0.305 e. The van der Waals surface area contributed by atoms with Gasteiger partial charge in [0.25, 0.3) is 0 Å². The third-order valence-corrected chi connectivity index (χ3v) is 6.08. The molecule has 3 heteroatoms. The van der Waals surface area contributed by atoms with Crippen molar-refractivity contribution in [1.29, 1.82) is 0 Å². The fourth-order valence-electron chi connectivity index (χ4n) is 4.30. The summed E-state index contributed by atoms with van der Waals surface area (Å²) in [5.41, 5.74) is 0. The topological polar surface area (TPSA) is 43.4 Å². The van der Waals surface area contributed by atoms with E-state index in [1.807, 2.05) is 0 Å². The summed E-state index contributed by atoms with van der Waals surface area (Å²) in [7, 11) is 0. The molecule has 0 saturated heterocycles. The summed E-state index contributed by atoms with van der Waals surface area (Å²) in [6.07, 6.45) is 19.1. The maximum Gasteiger partial charge on any atom is 0.305 e. The summed E-state index contributed by atoms with van der Waals surface area (Å²) < 4.78 is 5.18. The minimum atomic E-state index is -0.0478. The molecular weight excluding hydrogens is 336 g/mol. The van der Waals surface area contributed by atoms with E-state index < -0.39 is 0 Å². The number of esters is 1. The second kappa shape index (κ2) is 16.1. The molecule has 0 spiro atoms.